The summed E-state index contributed by atoms with van der Waals surface area (Å²) in [6.07, 6.45) is 0. The van der Waals surface area contributed by atoms with Crippen LogP contribution in [0.25, 0.3) is 109 Å². The SMILES string of the molecule is c1ccc2cc(N(c3ccc4ccccc4c3)c3ccc4cc5c(cc4c3)oc3cc4oc6cc7cc(N(c8ccc9ccccc9c8)c8ccc9ccccc9c8)ccc7cc6c4cc35)ccc2c1. The minimum absolute atomic E-state index is 0.805. The number of benzene rings is 13. The van der Waals surface area contributed by atoms with Gasteiger partial charge in [-0.3, -0.25) is 0 Å². The van der Waals surface area contributed by atoms with Crippen molar-refractivity contribution in [2.75, 3.05) is 9.80 Å². The quantitative estimate of drug-likeness (QED) is 0.166. The van der Waals surface area contributed by atoms with Crippen molar-refractivity contribution in [3.8, 4) is 0 Å². The third-order valence-electron chi connectivity index (χ3n) is 14.4. The first-order valence-corrected chi connectivity index (χ1v) is 23.9. The molecule has 70 heavy (non-hydrogen) atoms. The Morgan fingerprint density at radius 3 is 0.757 bits per heavy atom. The number of rotatable bonds is 6. The maximum absolute atomic E-state index is 6.71. The van der Waals surface area contributed by atoms with E-state index in [1.54, 1.807) is 0 Å². The molecule has 0 aliphatic rings. The van der Waals surface area contributed by atoms with Gasteiger partial charge < -0.3 is 18.6 Å². The van der Waals surface area contributed by atoms with Gasteiger partial charge in [0.1, 0.15) is 22.3 Å². The number of fused-ring (bicyclic) bond motifs is 12. The molecule has 0 fully saturated rings. The van der Waals surface area contributed by atoms with Gasteiger partial charge in [-0.25, -0.2) is 0 Å². The summed E-state index contributed by atoms with van der Waals surface area (Å²) in [7, 11) is 0. The topological polar surface area (TPSA) is 32.8 Å². The van der Waals surface area contributed by atoms with Crippen LogP contribution in [0.4, 0.5) is 34.1 Å². The molecular weight excluding hydrogens is 853 g/mol. The van der Waals surface area contributed by atoms with E-state index in [9.17, 15) is 0 Å². The summed E-state index contributed by atoms with van der Waals surface area (Å²) in [6, 6.07) is 87.8. The van der Waals surface area contributed by atoms with E-state index in [1.807, 2.05) is 0 Å². The van der Waals surface area contributed by atoms with Crippen LogP contribution in [0.15, 0.2) is 251 Å². The zero-order chi connectivity index (χ0) is 45.9. The molecule has 0 saturated carbocycles. The van der Waals surface area contributed by atoms with Crippen LogP contribution in [-0.4, -0.2) is 0 Å². The van der Waals surface area contributed by atoms with E-state index >= 15 is 0 Å². The summed E-state index contributed by atoms with van der Waals surface area (Å²) in [4.78, 5) is 4.72. The highest BCUT2D eigenvalue weighted by Gasteiger charge is 2.20. The fourth-order valence-electron chi connectivity index (χ4n) is 10.9. The van der Waals surface area contributed by atoms with Crippen LogP contribution >= 0.6 is 0 Å². The van der Waals surface area contributed by atoms with Gasteiger partial charge in [-0.1, -0.05) is 133 Å². The lowest BCUT2D eigenvalue weighted by molar-refractivity contribution is 0.656. The summed E-state index contributed by atoms with van der Waals surface area (Å²) < 4.78 is 13.4. The van der Waals surface area contributed by atoms with Crippen molar-refractivity contribution >= 4 is 143 Å². The second-order valence-electron chi connectivity index (χ2n) is 18.6. The zero-order valence-electron chi connectivity index (χ0n) is 37.8. The molecule has 13 aromatic carbocycles. The van der Waals surface area contributed by atoms with Gasteiger partial charge in [-0.2, -0.15) is 0 Å². The standard InChI is InChI=1S/C66H40N2O2/c1-5-13-45-29-53(23-17-41(45)9-1)67(54-24-18-42-10-2-6-14-46(42)30-54)57-27-21-49-35-59-61-39-62-60-36-50-22-28-58(34-52(50)38-64(60)70-66(62)40-65(61)69-63(59)37-51(49)33-57)68(55-25-19-43-11-3-7-15-47(43)31-55)56-26-20-44-12-4-8-16-48(44)32-56/h1-40H. The van der Waals surface area contributed by atoms with Gasteiger partial charge in [0.25, 0.3) is 0 Å². The van der Waals surface area contributed by atoms with Crippen LogP contribution in [0.5, 0.6) is 0 Å². The lowest BCUT2D eigenvalue weighted by Gasteiger charge is -2.26. The van der Waals surface area contributed by atoms with E-state index < -0.39 is 0 Å². The van der Waals surface area contributed by atoms with E-state index in [4.69, 9.17) is 8.83 Å². The lowest BCUT2D eigenvalue weighted by atomic mass is 10.0. The van der Waals surface area contributed by atoms with Crippen LogP contribution in [0.2, 0.25) is 0 Å². The molecule has 0 aliphatic carbocycles. The van der Waals surface area contributed by atoms with Crippen LogP contribution in [0, 0.1) is 0 Å². The van der Waals surface area contributed by atoms with E-state index in [0.717, 1.165) is 99.5 Å². The fraction of sp³-hybridized carbons (Fsp3) is 0. The number of anilines is 6. The predicted octanol–water partition coefficient (Wildman–Crippen LogP) is 19.3. The highest BCUT2D eigenvalue weighted by Crippen LogP contribution is 2.44. The van der Waals surface area contributed by atoms with E-state index in [2.05, 4.69) is 252 Å². The summed E-state index contributed by atoms with van der Waals surface area (Å²) in [5.74, 6) is 0. The minimum atomic E-state index is 0.805. The number of furan rings is 2. The van der Waals surface area contributed by atoms with Crippen molar-refractivity contribution in [3.63, 3.8) is 0 Å². The zero-order valence-corrected chi connectivity index (χ0v) is 37.8. The monoisotopic (exact) mass is 892 g/mol. The average molecular weight is 893 g/mol. The molecule has 0 N–H and O–H groups in total. The Bertz CT molecular complexity index is 4190. The number of nitrogens with zero attached hydrogens (tertiary/aromatic N) is 2. The Labute approximate surface area is 402 Å². The summed E-state index contributed by atoms with van der Waals surface area (Å²) in [6.45, 7) is 0. The van der Waals surface area contributed by atoms with E-state index in [1.165, 1.54) is 43.1 Å². The van der Waals surface area contributed by atoms with Gasteiger partial charge in [0.15, 0.2) is 0 Å². The lowest BCUT2D eigenvalue weighted by Crippen LogP contribution is -2.10. The second kappa shape index (κ2) is 15.1. The van der Waals surface area contributed by atoms with Gasteiger partial charge in [0.2, 0.25) is 0 Å². The fourth-order valence-corrected chi connectivity index (χ4v) is 10.9. The van der Waals surface area contributed by atoms with Crippen molar-refractivity contribution in [1.82, 2.24) is 0 Å². The normalized spacial score (nSPS) is 12.0. The molecule has 0 aliphatic heterocycles. The molecule has 0 unspecified atom stereocenters. The van der Waals surface area contributed by atoms with Crippen LogP contribution in [0.1, 0.15) is 0 Å². The molecule has 0 amide bonds. The first kappa shape index (κ1) is 38.7. The first-order chi connectivity index (χ1) is 34.6. The summed E-state index contributed by atoms with van der Waals surface area (Å²) >= 11 is 0. The van der Waals surface area contributed by atoms with Crippen molar-refractivity contribution in [2.24, 2.45) is 0 Å². The van der Waals surface area contributed by atoms with Crippen LogP contribution < -0.4 is 9.80 Å². The Kier molecular flexibility index (Phi) is 8.33. The largest absolute Gasteiger partial charge is 0.456 e. The van der Waals surface area contributed by atoms with Crippen molar-refractivity contribution in [1.29, 1.82) is 0 Å². The minimum Gasteiger partial charge on any atom is -0.456 e. The third-order valence-corrected chi connectivity index (χ3v) is 14.4. The molecule has 326 valence electrons. The van der Waals surface area contributed by atoms with Gasteiger partial charge in [0, 0.05) is 61.7 Å². The van der Waals surface area contributed by atoms with Crippen molar-refractivity contribution in [3.05, 3.63) is 243 Å². The Morgan fingerprint density at radius 2 is 0.429 bits per heavy atom. The predicted molar refractivity (Wildman–Crippen MR) is 295 cm³/mol. The molecule has 2 heterocycles. The third kappa shape index (κ3) is 6.24. The molecule has 0 saturated heterocycles. The van der Waals surface area contributed by atoms with Gasteiger partial charge >= 0.3 is 0 Å². The molecule has 15 aromatic rings. The maximum atomic E-state index is 6.71. The second-order valence-corrected chi connectivity index (χ2v) is 18.6. The van der Waals surface area contributed by atoms with E-state index in [-0.39, 0.29) is 0 Å². The molecule has 0 atom stereocenters. The molecule has 0 radical (unpaired) electrons. The summed E-state index contributed by atoms with van der Waals surface area (Å²) in [5.41, 5.74) is 9.86. The molecule has 2 aromatic heterocycles. The molecule has 4 heteroatoms. The highest BCUT2D eigenvalue weighted by molar-refractivity contribution is 6.18. The van der Waals surface area contributed by atoms with Crippen molar-refractivity contribution in [2.45, 2.75) is 0 Å². The van der Waals surface area contributed by atoms with Crippen LogP contribution in [0.3, 0.4) is 0 Å². The smallest absolute Gasteiger partial charge is 0.139 e. The van der Waals surface area contributed by atoms with Gasteiger partial charge in [-0.05, 0) is 168 Å². The molecular formula is C66H40N2O2. The Morgan fingerprint density at radius 1 is 0.186 bits per heavy atom. The Hall–Kier alpha value is -9.38. The van der Waals surface area contributed by atoms with Gasteiger partial charge in [-0.15, -0.1) is 0 Å². The molecule has 0 bridgehead atoms. The Balaban J connectivity index is 0.829. The molecule has 15 rings (SSSR count). The average Bonchev–Trinajstić information content (AvgIpc) is 3.94. The number of hydrogen-bond acceptors (Lipinski definition) is 4. The molecule has 0 spiro atoms. The summed E-state index contributed by atoms with van der Waals surface area (Å²) in [5, 5.41) is 18.5. The van der Waals surface area contributed by atoms with E-state index in [0.29, 0.717) is 0 Å². The van der Waals surface area contributed by atoms with Gasteiger partial charge in [0.05, 0.1) is 0 Å². The highest BCUT2D eigenvalue weighted by atomic mass is 16.3. The van der Waals surface area contributed by atoms with Crippen LogP contribution in [-0.2, 0) is 0 Å². The molecule has 4 nitrogen and oxygen atoms in total. The first-order valence-electron chi connectivity index (χ1n) is 23.9. The number of hydrogen-bond donors (Lipinski definition) is 0. The van der Waals surface area contributed by atoms with Crippen molar-refractivity contribution < 1.29 is 8.83 Å². The maximum Gasteiger partial charge on any atom is 0.139 e.